The number of rotatable bonds is 6. The van der Waals surface area contributed by atoms with E-state index in [0.717, 1.165) is 25.0 Å². The van der Waals surface area contributed by atoms with Crippen molar-refractivity contribution in [1.82, 2.24) is 14.9 Å². The Hall–Kier alpha value is -1.97. The number of nitrogens with one attached hydrogen (secondary N) is 1. The first kappa shape index (κ1) is 20.3. The summed E-state index contributed by atoms with van der Waals surface area (Å²) >= 11 is 0. The van der Waals surface area contributed by atoms with Crippen LogP contribution in [0.15, 0.2) is 6.07 Å². The van der Waals surface area contributed by atoms with E-state index in [1.807, 2.05) is 0 Å². The molecular weight excluding hydrogens is 392 g/mol. The first-order chi connectivity index (χ1) is 13.5. The van der Waals surface area contributed by atoms with Crippen LogP contribution < -0.4 is 5.32 Å². The molecule has 0 aromatic carbocycles. The molecule has 4 fully saturated rings. The van der Waals surface area contributed by atoms with E-state index in [1.165, 1.54) is 11.8 Å². The predicted octanol–water partition coefficient (Wildman–Crippen LogP) is 3.11. The number of anilines is 1. The summed E-state index contributed by atoms with van der Waals surface area (Å²) < 4.78 is 54.2. The van der Waals surface area contributed by atoms with Crippen molar-refractivity contribution in [2.75, 3.05) is 18.5 Å². The standard InChI is InChI=1S/C19H24F4N4O2/c1-10(16(28)27-5-13(11(27)2)29-19(21,22)23)24-15-4-14(25-12(3)26-15)18-6-17(7-18,8-18)9-20/h4,10-11,13H,5-9H2,1-3H3,(H,24,25,26)/t10-,11+,13+,17?,18?/m1/s1. The number of nitrogens with zero attached hydrogens (tertiary/aromatic N) is 3. The zero-order valence-electron chi connectivity index (χ0n) is 16.5. The molecule has 0 unspecified atom stereocenters. The molecule has 1 aromatic rings. The van der Waals surface area contributed by atoms with Gasteiger partial charge in [-0.3, -0.25) is 13.9 Å². The fraction of sp³-hybridized carbons (Fsp3) is 0.737. The van der Waals surface area contributed by atoms with Gasteiger partial charge in [0.15, 0.2) is 0 Å². The molecule has 10 heteroatoms. The van der Waals surface area contributed by atoms with Gasteiger partial charge < -0.3 is 10.2 Å². The highest BCUT2D eigenvalue weighted by atomic mass is 19.4. The van der Waals surface area contributed by atoms with Gasteiger partial charge in [0, 0.05) is 23.4 Å². The van der Waals surface area contributed by atoms with E-state index in [0.29, 0.717) is 11.6 Å². The number of likely N-dealkylation sites (tertiary alicyclic amines) is 1. The molecular formula is C19H24F4N4O2. The highest BCUT2D eigenvalue weighted by Gasteiger charge is 2.69. The summed E-state index contributed by atoms with van der Waals surface area (Å²) in [7, 11) is 0. The van der Waals surface area contributed by atoms with E-state index < -0.39 is 24.6 Å². The number of aryl methyl sites for hydroxylation is 1. The van der Waals surface area contributed by atoms with Crippen LogP contribution in [0.3, 0.4) is 0 Å². The Labute approximate surface area is 166 Å². The van der Waals surface area contributed by atoms with Crippen molar-refractivity contribution in [2.45, 2.75) is 70.0 Å². The maximum Gasteiger partial charge on any atom is 0.522 e. The van der Waals surface area contributed by atoms with Crippen LogP contribution in [-0.4, -0.2) is 58.5 Å². The zero-order valence-corrected chi connectivity index (χ0v) is 16.5. The minimum atomic E-state index is -4.71. The van der Waals surface area contributed by atoms with Gasteiger partial charge in [0.1, 0.15) is 23.8 Å². The van der Waals surface area contributed by atoms with Gasteiger partial charge in [-0.05, 0) is 40.0 Å². The third kappa shape index (κ3) is 3.45. The number of carbonyl (C=O) groups excluding carboxylic acids is 1. The maximum atomic E-state index is 13.1. The summed E-state index contributed by atoms with van der Waals surface area (Å²) in [6, 6.07) is 0.470. The van der Waals surface area contributed by atoms with Gasteiger partial charge in [-0.1, -0.05) is 0 Å². The molecule has 4 aliphatic rings. The molecule has 1 N–H and O–H groups in total. The van der Waals surface area contributed by atoms with Crippen molar-refractivity contribution in [2.24, 2.45) is 5.41 Å². The van der Waals surface area contributed by atoms with Crippen LogP contribution in [0.2, 0.25) is 0 Å². The second kappa shape index (κ2) is 6.52. The summed E-state index contributed by atoms with van der Waals surface area (Å²) in [5, 5.41) is 3.04. The molecule has 1 aromatic heterocycles. The number of hydrogen-bond acceptors (Lipinski definition) is 5. The quantitative estimate of drug-likeness (QED) is 0.722. The van der Waals surface area contributed by atoms with E-state index in [4.69, 9.17) is 0 Å². The Morgan fingerprint density at radius 1 is 1.38 bits per heavy atom. The Bertz CT molecular complexity index is 811. The molecule has 6 nitrogen and oxygen atoms in total. The zero-order chi connectivity index (χ0) is 21.2. The van der Waals surface area contributed by atoms with Gasteiger partial charge in [0.25, 0.3) is 0 Å². The topological polar surface area (TPSA) is 67.4 Å². The fourth-order valence-electron chi connectivity index (χ4n) is 5.03. The van der Waals surface area contributed by atoms with Crippen LogP contribution in [0.5, 0.6) is 0 Å². The van der Waals surface area contributed by atoms with Crippen LogP contribution >= 0.6 is 0 Å². The second-order valence-corrected chi connectivity index (χ2v) is 8.83. The lowest BCUT2D eigenvalue weighted by molar-refractivity contribution is -0.359. The number of amides is 1. The summed E-state index contributed by atoms with van der Waals surface area (Å²) in [6.07, 6.45) is -3.41. The Morgan fingerprint density at radius 3 is 2.59 bits per heavy atom. The number of aromatic nitrogens is 2. The molecule has 3 saturated carbocycles. The number of alkyl halides is 4. The number of hydrogen-bond donors (Lipinski definition) is 1. The van der Waals surface area contributed by atoms with E-state index in [9.17, 15) is 22.4 Å². The molecule has 0 radical (unpaired) electrons. The Morgan fingerprint density at radius 2 is 2.03 bits per heavy atom. The maximum absolute atomic E-state index is 13.1. The van der Waals surface area contributed by atoms with E-state index >= 15 is 0 Å². The van der Waals surface area contributed by atoms with Gasteiger partial charge in [0.2, 0.25) is 5.91 Å². The molecule has 1 aliphatic heterocycles. The highest BCUT2D eigenvalue weighted by molar-refractivity contribution is 5.85. The molecule has 5 rings (SSSR count). The van der Waals surface area contributed by atoms with Crippen molar-refractivity contribution >= 4 is 11.7 Å². The van der Waals surface area contributed by atoms with Gasteiger partial charge >= 0.3 is 6.36 Å². The molecule has 3 atom stereocenters. The summed E-state index contributed by atoms with van der Waals surface area (Å²) in [4.78, 5) is 22.8. The van der Waals surface area contributed by atoms with Crippen LogP contribution in [0.4, 0.5) is 23.4 Å². The molecule has 2 heterocycles. The molecule has 2 bridgehead atoms. The molecule has 1 amide bonds. The predicted molar refractivity (Wildman–Crippen MR) is 95.9 cm³/mol. The Kier molecular flexibility index (Phi) is 4.56. The van der Waals surface area contributed by atoms with Crippen molar-refractivity contribution in [3.05, 3.63) is 17.6 Å². The second-order valence-electron chi connectivity index (χ2n) is 8.83. The van der Waals surface area contributed by atoms with E-state index in [2.05, 4.69) is 20.0 Å². The van der Waals surface area contributed by atoms with E-state index in [-0.39, 0.29) is 30.0 Å². The third-order valence-corrected chi connectivity index (χ3v) is 6.51. The lowest BCUT2D eigenvalue weighted by Crippen LogP contribution is -2.66. The van der Waals surface area contributed by atoms with Gasteiger partial charge in [-0.25, -0.2) is 9.97 Å². The first-order valence-electron chi connectivity index (χ1n) is 9.70. The molecule has 3 aliphatic carbocycles. The normalized spacial score (nSPS) is 34.0. The average Bonchev–Trinajstić information content (AvgIpc) is 2.54. The SMILES string of the molecule is Cc1nc(N[C@H](C)C(=O)N2C[C@H](OC(F)(F)F)[C@@H]2C)cc(C23CC(CF)(C2)C3)n1. The van der Waals surface area contributed by atoms with Crippen LogP contribution in [0, 0.1) is 12.3 Å². The first-order valence-corrected chi connectivity index (χ1v) is 9.70. The lowest BCUT2D eigenvalue weighted by Gasteiger charge is -2.69. The van der Waals surface area contributed by atoms with Crippen molar-refractivity contribution in [3.63, 3.8) is 0 Å². The molecule has 29 heavy (non-hydrogen) atoms. The van der Waals surface area contributed by atoms with Crippen LogP contribution in [0.25, 0.3) is 0 Å². The van der Waals surface area contributed by atoms with Crippen molar-refractivity contribution in [1.29, 1.82) is 0 Å². The third-order valence-electron chi connectivity index (χ3n) is 6.51. The summed E-state index contributed by atoms with van der Waals surface area (Å²) in [6.45, 7) is 4.52. The number of carbonyl (C=O) groups is 1. The van der Waals surface area contributed by atoms with Crippen LogP contribution in [0.1, 0.15) is 44.6 Å². The van der Waals surface area contributed by atoms with Crippen molar-refractivity contribution in [3.8, 4) is 0 Å². The lowest BCUT2D eigenvalue weighted by atomic mass is 9.34. The van der Waals surface area contributed by atoms with Crippen molar-refractivity contribution < 1.29 is 27.1 Å². The largest absolute Gasteiger partial charge is 0.522 e. The molecule has 160 valence electrons. The minimum absolute atomic E-state index is 0.0857. The minimum Gasteiger partial charge on any atom is -0.359 e. The Balaban J connectivity index is 1.38. The average molecular weight is 416 g/mol. The fourth-order valence-corrected chi connectivity index (χ4v) is 5.03. The van der Waals surface area contributed by atoms with Gasteiger partial charge in [-0.15, -0.1) is 13.2 Å². The number of ether oxygens (including phenoxy) is 1. The molecule has 0 spiro atoms. The van der Waals surface area contributed by atoms with Gasteiger partial charge in [-0.2, -0.15) is 0 Å². The van der Waals surface area contributed by atoms with E-state index in [1.54, 1.807) is 19.9 Å². The van der Waals surface area contributed by atoms with Crippen LogP contribution in [-0.2, 0) is 14.9 Å². The summed E-state index contributed by atoms with van der Waals surface area (Å²) in [5.41, 5.74) is 0.606. The number of halogens is 4. The van der Waals surface area contributed by atoms with Gasteiger partial charge in [0.05, 0.1) is 18.4 Å². The smallest absolute Gasteiger partial charge is 0.359 e. The highest BCUT2D eigenvalue weighted by Crippen LogP contribution is 2.73. The molecule has 1 saturated heterocycles. The summed E-state index contributed by atoms with van der Waals surface area (Å²) in [5.74, 6) is 0.725. The monoisotopic (exact) mass is 416 g/mol.